The van der Waals surface area contributed by atoms with Gasteiger partial charge >= 0.3 is 6.03 Å². The van der Waals surface area contributed by atoms with E-state index in [-0.39, 0.29) is 11.6 Å². The molecule has 0 bridgehead atoms. The number of carbonyl (C=O) groups excluding carboxylic acids is 1. The lowest BCUT2D eigenvalue weighted by Crippen LogP contribution is -2.51. The number of urea groups is 1. The van der Waals surface area contributed by atoms with Crippen LogP contribution in [-0.2, 0) is 0 Å². The van der Waals surface area contributed by atoms with Gasteiger partial charge in [-0.2, -0.15) is 0 Å². The summed E-state index contributed by atoms with van der Waals surface area (Å²) in [5.74, 6) is 0. The lowest BCUT2D eigenvalue weighted by Gasteiger charge is -2.38. The molecule has 0 saturated carbocycles. The van der Waals surface area contributed by atoms with Crippen LogP contribution in [0.4, 0.5) is 4.79 Å². The average Bonchev–Trinajstić information content (AvgIpc) is 2.14. The molecule has 0 atom stereocenters. The summed E-state index contributed by atoms with van der Waals surface area (Å²) in [5, 5.41) is 0. The van der Waals surface area contributed by atoms with Crippen molar-refractivity contribution in [2.75, 3.05) is 19.6 Å². The third-order valence-electron chi connectivity index (χ3n) is 2.39. The normalized spacial score (nSPS) is 11.0. The van der Waals surface area contributed by atoms with Gasteiger partial charge in [0.1, 0.15) is 0 Å². The van der Waals surface area contributed by atoms with Crippen molar-refractivity contribution in [1.82, 2.24) is 9.80 Å². The summed E-state index contributed by atoms with van der Waals surface area (Å²) in [4.78, 5) is 15.8. The molecule has 0 N–H and O–H groups in total. The van der Waals surface area contributed by atoms with Crippen molar-refractivity contribution < 1.29 is 4.79 Å². The Bertz CT molecular complexity index is 214. The van der Waals surface area contributed by atoms with Crippen molar-refractivity contribution in [3.05, 3.63) is 12.7 Å². The van der Waals surface area contributed by atoms with Crippen LogP contribution in [0.1, 0.15) is 34.6 Å². The highest BCUT2D eigenvalue weighted by molar-refractivity contribution is 5.75. The van der Waals surface area contributed by atoms with Crippen molar-refractivity contribution >= 4 is 6.03 Å². The Morgan fingerprint density at radius 2 is 1.73 bits per heavy atom. The summed E-state index contributed by atoms with van der Waals surface area (Å²) < 4.78 is 0. The maximum absolute atomic E-state index is 12.1. The third kappa shape index (κ3) is 3.94. The Morgan fingerprint density at radius 3 is 2.00 bits per heavy atom. The van der Waals surface area contributed by atoms with E-state index in [1.165, 1.54) is 0 Å². The topological polar surface area (TPSA) is 23.6 Å². The zero-order chi connectivity index (χ0) is 12.1. The van der Waals surface area contributed by atoms with E-state index in [4.69, 9.17) is 0 Å². The molecule has 0 aromatic heterocycles. The highest BCUT2D eigenvalue weighted by Crippen LogP contribution is 2.15. The van der Waals surface area contributed by atoms with Crippen LogP contribution in [0.15, 0.2) is 12.7 Å². The highest BCUT2D eigenvalue weighted by atomic mass is 16.2. The number of nitrogens with zero attached hydrogens (tertiary/aromatic N) is 2. The SMILES string of the molecule is C=CCN(C(=O)N(CC)CC)C(C)(C)C. The van der Waals surface area contributed by atoms with Crippen molar-refractivity contribution in [1.29, 1.82) is 0 Å². The second kappa shape index (κ2) is 5.79. The predicted octanol–water partition coefficient (Wildman–Crippen LogP) is 2.73. The van der Waals surface area contributed by atoms with E-state index in [1.807, 2.05) is 44.4 Å². The van der Waals surface area contributed by atoms with Gasteiger partial charge in [-0.1, -0.05) is 6.08 Å². The van der Waals surface area contributed by atoms with Gasteiger partial charge in [0.15, 0.2) is 0 Å². The van der Waals surface area contributed by atoms with Crippen LogP contribution < -0.4 is 0 Å². The summed E-state index contributed by atoms with van der Waals surface area (Å²) in [5.41, 5.74) is -0.159. The molecule has 0 spiro atoms. The minimum absolute atomic E-state index is 0.0902. The van der Waals surface area contributed by atoms with Crippen LogP contribution in [0.25, 0.3) is 0 Å². The van der Waals surface area contributed by atoms with E-state index >= 15 is 0 Å². The average molecular weight is 212 g/mol. The third-order valence-corrected chi connectivity index (χ3v) is 2.39. The summed E-state index contributed by atoms with van der Waals surface area (Å²) in [6, 6.07) is 0.0902. The predicted molar refractivity (Wildman–Crippen MR) is 65.0 cm³/mol. The molecule has 15 heavy (non-hydrogen) atoms. The van der Waals surface area contributed by atoms with E-state index in [0.29, 0.717) is 6.54 Å². The molecule has 0 rings (SSSR count). The van der Waals surface area contributed by atoms with Gasteiger partial charge in [0.25, 0.3) is 0 Å². The molecule has 0 radical (unpaired) electrons. The number of carbonyl (C=O) groups is 1. The van der Waals surface area contributed by atoms with Crippen LogP contribution in [0.2, 0.25) is 0 Å². The molecule has 0 aliphatic heterocycles. The molecule has 0 aromatic rings. The van der Waals surface area contributed by atoms with Gasteiger partial charge < -0.3 is 9.80 Å². The van der Waals surface area contributed by atoms with Gasteiger partial charge in [0, 0.05) is 25.2 Å². The van der Waals surface area contributed by atoms with Gasteiger partial charge in [-0.3, -0.25) is 0 Å². The molecule has 0 fully saturated rings. The fraction of sp³-hybridized carbons (Fsp3) is 0.750. The largest absolute Gasteiger partial charge is 0.325 e. The van der Waals surface area contributed by atoms with Crippen molar-refractivity contribution in [2.24, 2.45) is 0 Å². The molecule has 3 heteroatoms. The Labute approximate surface area is 93.7 Å². The van der Waals surface area contributed by atoms with E-state index in [9.17, 15) is 4.79 Å². The molecule has 0 aromatic carbocycles. The van der Waals surface area contributed by atoms with Gasteiger partial charge in [0.2, 0.25) is 0 Å². The molecule has 0 aliphatic rings. The van der Waals surface area contributed by atoms with Crippen molar-refractivity contribution in [3.63, 3.8) is 0 Å². The Morgan fingerprint density at radius 1 is 1.27 bits per heavy atom. The summed E-state index contributed by atoms with van der Waals surface area (Å²) in [6.07, 6.45) is 1.77. The first kappa shape index (κ1) is 14.0. The zero-order valence-electron chi connectivity index (χ0n) is 10.7. The smallest absolute Gasteiger partial charge is 0.320 e. The van der Waals surface area contributed by atoms with Crippen LogP contribution in [0, 0.1) is 0 Å². The van der Waals surface area contributed by atoms with E-state index < -0.39 is 0 Å². The molecule has 2 amide bonds. The molecule has 0 heterocycles. The minimum Gasteiger partial charge on any atom is -0.325 e. The Hall–Kier alpha value is -0.990. The molecule has 0 unspecified atom stereocenters. The molecule has 88 valence electrons. The maximum Gasteiger partial charge on any atom is 0.320 e. The molecular formula is C12H24N2O. The lowest BCUT2D eigenvalue weighted by atomic mass is 10.1. The quantitative estimate of drug-likeness (QED) is 0.657. The molecule has 0 aliphatic carbocycles. The number of rotatable bonds is 4. The van der Waals surface area contributed by atoms with E-state index in [1.54, 1.807) is 6.08 Å². The van der Waals surface area contributed by atoms with Crippen LogP contribution in [0.3, 0.4) is 0 Å². The Kier molecular flexibility index (Phi) is 5.40. The first-order valence-electron chi connectivity index (χ1n) is 5.55. The summed E-state index contributed by atoms with van der Waals surface area (Å²) >= 11 is 0. The van der Waals surface area contributed by atoms with Crippen molar-refractivity contribution in [2.45, 2.75) is 40.2 Å². The maximum atomic E-state index is 12.1. The van der Waals surface area contributed by atoms with Crippen LogP contribution in [0.5, 0.6) is 0 Å². The van der Waals surface area contributed by atoms with Crippen molar-refractivity contribution in [3.8, 4) is 0 Å². The second-order valence-corrected chi connectivity index (χ2v) is 4.52. The fourth-order valence-electron chi connectivity index (χ4n) is 1.43. The number of hydrogen-bond donors (Lipinski definition) is 0. The van der Waals surface area contributed by atoms with E-state index in [2.05, 4.69) is 6.58 Å². The number of hydrogen-bond acceptors (Lipinski definition) is 1. The molecule has 3 nitrogen and oxygen atoms in total. The molecular weight excluding hydrogens is 188 g/mol. The molecule has 0 saturated heterocycles. The monoisotopic (exact) mass is 212 g/mol. The first-order valence-corrected chi connectivity index (χ1v) is 5.55. The van der Waals surface area contributed by atoms with Crippen LogP contribution in [-0.4, -0.2) is 41.0 Å². The van der Waals surface area contributed by atoms with Crippen LogP contribution >= 0.6 is 0 Å². The van der Waals surface area contributed by atoms with E-state index in [0.717, 1.165) is 13.1 Å². The van der Waals surface area contributed by atoms with Gasteiger partial charge in [-0.25, -0.2) is 4.79 Å². The summed E-state index contributed by atoms with van der Waals surface area (Å²) in [6.45, 7) is 15.9. The summed E-state index contributed by atoms with van der Waals surface area (Å²) in [7, 11) is 0. The van der Waals surface area contributed by atoms with Gasteiger partial charge in [-0.05, 0) is 34.6 Å². The van der Waals surface area contributed by atoms with Gasteiger partial charge in [0.05, 0.1) is 0 Å². The highest BCUT2D eigenvalue weighted by Gasteiger charge is 2.27. The standard InChI is InChI=1S/C12H24N2O/c1-7-10-14(12(4,5)6)11(15)13(8-2)9-3/h7H,1,8-10H2,2-6H3. The lowest BCUT2D eigenvalue weighted by molar-refractivity contribution is 0.120. The fourth-order valence-corrected chi connectivity index (χ4v) is 1.43. The number of amides is 2. The van der Waals surface area contributed by atoms with Gasteiger partial charge in [-0.15, -0.1) is 6.58 Å². The second-order valence-electron chi connectivity index (χ2n) is 4.52. The first-order chi connectivity index (χ1) is 6.88. The Balaban J connectivity index is 4.76. The minimum atomic E-state index is -0.159. The zero-order valence-corrected chi connectivity index (χ0v) is 10.7.